The van der Waals surface area contributed by atoms with Crippen LogP contribution in [0.1, 0.15) is 207 Å². The summed E-state index contributed by atoms with van der Waals surface area (Å²) >= 11 is 10.3. The third-order valence-corrected chi connectivity index (χ3v) is 29.3. The molecule has 146 heavy (non-hydrogen) atoms. The average Bonchev–Trinajstić information content (AvgIpc) is 1.61. The lowest BCUT2D eigenvalue weighted by Gasteiger charge is -2.29. The average molecular weight is 2040 g/mol. The number of halogens is 2. The summed E-state index contributed by atoms with van der Waals surface area (Å²) in [6, 6.07) is 58.2. The van der Waals surface area contributed by atoms with E-state index in [9.17, 15) is 76.3 Å². The number of nitrogens with zero attached hydrogens (tertiary/aromatic N) is 5. The van der Waals surface area contributed by atoms with Crippen molar-refractivity contribution in [3.05, 3.63) is 372 Å². The molecule has 14 heterocycles. The summed E-state index contributed by atoms with van der Waals surface area (Å²) in [5.74, 6) is -5.10. The van der Waals surface area contributed by atoms with E-state index in [1.807, 2.05) is 79.7 Å². The standard InChI is InChI=1S/C26H22N2O4.C23H17FN2O4S.C23H18N2O4S.C19H15ClN2O4S.C19H16N2O5/c1-15-10-13-21(24(29)27-15)28-25(30)20-8-5-9-22(23(20)26(28)31)32-16(2)18-12-11-17-6-3-4-7-19(17)14-18;1-12-8-9-17(21(27)25-12)26-22(28)14-4-2-6-18(20(14)23(26)29)30-11-13-10-15-16(24)5-3-7-19(15)31-13;1-13-9-10-17(21(26)24-13)25-22(27)16-6-4-7-18(20(16)23(25)28)29-12-15-11-14-5-2-3-8-19(14)30-15;1-10-5-7-13(17(23)21-10)22-18(24)12-3-2-4-14(16(12)19(22)25)26-9-11-6-8-15(20)27-11;1-11-7-8-14(17(22)20-11)21-18(23)13-5-2-6-15(16(13)19(21)24)26-10-12-4-3-9-25-12/h3-9,11-12,14,16,21H,1,10,13H2,2H3,(H,27,29);2-7,10,17H,1,8-9,11H2,(H,25,27);2-8,11,17H,1,9-10,12H2,(H,24,26);2-4,6,8,13H,1,5,7,9H2,(H,21,23);2-6,9,14H,1,7-8,10H2,(H,20,22). The lowest BCUT2D eigenvalue weighted by molar-refractivity contribution is -0.126. The van der Waals surface area contributed by atoms with Gasteiger partial charge in [0.15, 0.2) is 0 Å². The predicted octanol–water partition coefficient (Wildman–Crippen LogP) is 17.9. The number of fused-ring (bicyclic) bond motifs is 8. The molecule has 5 saturated heterocycles. The summed E-state index contributed by atoms with van der Waals surface area (Å²) in [5.41, 5.74) is 6.09. The molecule has 0 aliphatic carbocycles. The van der Waals surface area contributed by atoms with Crippen molar-refractivity contribution in [3.63, 3.8) is 0 Å². The number of amides is 15. The molecule has 5 fully saturated rings. The number of nitrogens with one attached hydrogen (secondary N) is 5. The molecule has 15 amide bonds. The first-order chi connectivity index (χ1) is 70.4. The van der Waals surface area contributed by atoms with Gasteiger partial charge >= 0.3 is 0 Å². The van der Waals surface area contributed by atoms with Crippen LogP contribution in [0.3, 0.4) is 0 Å². The van der Waals surface area contributed by atoms with Gasteiger partial charge in [-0.3, -0.25) is 96.4 Å². The van der Waals surface area contributed by atoms with E-state index in [-0.39, 0.29) is 105 Å². The fourth-order valence-corrected chi connectivity index (χ4v) is 21.8. The van der Waals surface area contributed by atoms with Gasteiger partial charge in [0.1, 0.15) is 103 Å². The molecular formula is C110H88ClFN10O21S3. The van der Waals surface area contributed by atoms with Gasteiger partial charge in [-0.15, -0.1) is 34.0 Å². The molecule has 31 nitrogen and oxygen atoms in total. The fraction of sp³-hybridized carbons (Fsp3) is 0.191. The van der Waals surface area contributed by atoms with Gasteiger partial charge < -0.3 is 54.7 Å². The molecule has 0 spiro atoms. The molecule has 10 aliphatic heterocycles. The quantitative estimate of drug-likeness (QED) is 0.0442. The normalized spacial score (nSPS) is 19.0. The van der Waals surface area contributed by atoms with Crippen molar-refractivity contribution in [2.75, 3.05) is 0 Å². The van der Waals surface area contributed by atoms with Crippen molar-refractivity contribution in [1.29, 1.82) is 0 Å². The number of hydrogen-bond acceptors (Lipinski definition) is 24. The summed E-state index contributed by atoms with van der Waals surface area (Å²) in [7, 11) is 0. The Hall–Kier alpha value is -16.9. The minimum Gasteiger partial charge on any atom is -0.487 e. The Morgan fingerprint density at radius 2 is 0.685 bits per heavy atom. The molecule has 736 valence electrons. The Morgan fingerprint density at radius 1 is 0.342 bits per heavy atom. The van der Waals surface area contributed by atoms with Crippen molar-refractivity contribution in [2.24, 2.45) is 0 Å². The largest absolute Gasteiger partial charge is 0.487 e. The number of imide groups is 5. The van der Waals surface area contributed by atoms with Gasteiger partial charge in [0.25, 0.3) is 59.1 Å². The Labute approximate surface area is 849 Å². The second kappa shape index (κ2) is 41.2. The van der Waals surface area contributed by atoms with Crippen LogP contribution in [0.15, 0.2) is 284 Å². The molecule has 6 atom stereocenters. The first-order valence-corrected chi connectivity index (χ1v) is 49.3. The second-order valence-corrected chi connectivity index (χ2v) is 39.6. The molecular weight excluding hydrogens is 1950 g/mol. The van der Waals surface area contributed by atoms with Crippen LogP contribution < -0.4 is 50.3 Å². The van der Waals surface area contributed by atoms with E-state index >= 15 is 0 Å². The number of piperidine rings is 5. The maximum Gasteiger partial charge on any atom is 0.266 e. The number of furan rings is 1. The van der Waals surface area contributed by atoms with Gasteiger partial charge in [-0.1, -0.05) is 135 Å². The van der Waals surface area contributed by atoms with E-state index in [2.05, 4.69) is 71.6 Å². The highest BCUT2D eigenvalue weighted by Gasteiger charge is 2.52. The van der Waals surface area contributed by atoms with Crippen LogP contribution in [0, 0.1) is 5.82 Å². The van der Waals surface area contributed by atoms with Crippen molar-refractivity contribution >= 4 is 165 Å². The van der Waals surface area contributed by atoms with Crippen LogP contribution in [0.5, 0.6) is 28.7 Å². The third kappa shape index (κ3) is 19.4. The fourth-order valence-electron chi connectivity index (χ4n) is 18.8. The third-order valence-electron chi connectivity index (χ3n) is 26.0. The number of allylic oxidation sites excluding steroid dienone is 5. The highest BCUT2D eigenvalue weighted by atomic mass is 35.5. The van der Waals surface area contributed by atoms with Crippen LogP contribution in [0.2, 0.25) is 4.34 Å². The maximum atomic E-state index is 14.0. The molecule has 36 heteroatoms. The number of carbonyl (C=O) groups is 15. The number of rotatable bonds is 20. The summed E-state index contributed by atoms with van der Waals surface area (Å²) in [6.07, 6.45) is 5.55. The van der Waals surface area contributed by atoms with Gasteiger partial charge in [0.2, 0.25) is 29.5 Å². The molecule has 5 N–H and O–H groups in total. The molecule has 9 aromatic carbocycles. The molecule has 13 aromatic rings. The van der Waals surface area contributed by atoms with Gasteiger partial charge in [-0.05, 0) is 214 Å². The Bertz CT molecular complexity index is 7760. The molecule has 4 aromatic heterocycles. The first-order valence-electron chi connectivity index (χ1n) is 46.5. The second-order valence-electron chi connectivity index (χ2n) is 35.5. The number of thiophene rings is 3. The monoisotopic (exact) mass is 2030 g/mol. The van der Waals surface area contributed by atoms with Crippen LogP contribution in [0.25, 0.3) is 30.9 Å². The summed E-state index contributed by atoms with van der Waals surface area (Å²) in [6.45, 7) is 21.4. The van der Waals surface area contributed by atoms with E-state index in [4.69, 9.17) is 39.7 Å². The van der Waals surface area contributed by atoms with Gasteiger partial charge in [-0.2, -0.15) is 0 Å². The smallest absolute Gasteiger partial charge is 0.266 e. The first kappa shape index (κ1) is 97.9. The topological polar surface area (TPSA) is 392 Å². The number of carbonyl (C=O) groups excluding carboxylic acids is 15. The highest BCUT2D eigenvalue weighted by molar-refractivity contribution is 7.19. The zero-order valence-electron chi connectivity index (χ0n) is 78.0. The lowest BCUT2D eigenvalue weighted by Crippen LogP contribution is -2.51. The van der Waals surface area contributed by atoms with Crippen molar-refractivity contribution in [1.82, 2.24) is 51.1 Å². The van der Waals surface area contributed by atoms with Crippen LogP contribution >= 0.6 is 45.6 Å². The Kier molecular flexibility index (Phi) is 27.6. The number of ether oxygens (including phenoxy) is 5. The number of benzene rings is 9. The van der Waals surface area contributed by atoms with E-state index in [0.29, 0.717) is 138 Å². The molecule has 0 bridgehead atoms. The predicted molar refractivity (Wildman–Crippen MR) is 538 cm³/mol. The molecule has 0 radical (unpaired) electrons. The molecule has 0 saturated carbocycles. The minimum absolute atomic E-state index is 0.125. The van der Waals surface area contributed by atoms with Crippen LogP contribution in [-0.4, -0.2) is 143 Å². The van der Waals surface area contributed by atoms with E-state index in [1.54, 1.807) is 133 Å². The highest BCUT2D eigenvalue weighted by Crippen LogP contribution is 2.44. The van der Waals surface area contributed by atoms with Crippen molar-refractivity contribution in [3.8, 4) is 28.7 Å². The SMILES string of the molecule is C=C1CCC(N2C(=O)c3cccc(OC(C)c4ccc5ccccc5c4)c3C2=O)C(=O)N1.C=C1CCC(N2C(=O)c3cccc(OCc4cc5c(F)cccc5s4)c3C2=O)C(=O)N1.C=C1CCC(N2C(=O)c3cccc(OCc4cc5ccccc5s4)c3C2=O)C(=O)N1.C=C1CCC(N2C(=O)c3cccc(OCc4ccc(Cl)s4)c3C2=O)C(=O)N1.C=C1CCC(N2C(=O)c3cccc(OCc4ccco4)c3C2=O)C(=O)N1. The van der Waals surface area contributed by atoms with Gasteiger partial charge in [0.05, 0.1) is 66.2 Å². The summed E-state index contributed by atoms with van der Waals surface area (Å²) < 4.78 is 51.3. The van der Waals surface area contributed by atoms with E-state index in [1.165, 1.54) is 35.0 Å². The maximum absolute atomic E-state index is 14.0. The van der Waals surface area contributed by atoms with Gasteiger partial charge in [0, 0.05) is 57.9 Å². The van der Waals surface area contributed by atoms with E-state index in [0.717, 1.165) is 70.3 Å². The van der Waals surface area contributed by atoms with E-state index < -0.39 is 107 Å². The Balaban J connectivity index is 0.000000115. The number of hydrogen-bond donors (Lipinski definition) is 5. The Morgan fingerprint density at radius 3 is 1.05 bits per heavy atom. The molecule has 10 aliphatic rings. The van der Waals surface area contributed by atoms with Crippen molar-refractivity contribution < 1.29 is 104 Å². The molecule has 23 rings (SSSR count). The molecule has 6 unspecified atom stereocenters. The summed E-state index contributed by atoms with van der Waals surface area (Å²) in [4.78, 5) is 199. The van der Waals surface area contributed by atoms with Crippen molar-refractivity contribution in [2.45, 2.75) is 134 Å². The van der Waals surface area contributed by atoms with Crippen LogP contribution in [0.4, 0.5) is 4.39 Å². The van der Waals surface area contributed by atoms with Crippen LogP contribution in [-0.2, 0) is 50.4 Å². The lowest BCUT2D eigenvalue weighted by atomic mass is 10.0. The minimum atomic E-state index is -0.878. The zero-order chi connectivity index (χ0) is 102. The van der Waals surface area contributed by atoms with Gasteiger partial charge in [-0.25, -0.2) is 4.39 Å². The summed E-state index contributed by atoms with van der Waals surface area (Å²) in [5, 5.41) is 17.0. The zero-order valence-corrected chi connectivity index (χ0v) is 81.2.